The third kappa shape index (κ3) is 2.59. The summed E-state index contributed by atoms with van der Waals surface area (Å²) < 4.78 is 6.97. The average Bonchev–Trinajstić information content (AvgIpc) is 3.12. The molecule has 0 bridgehead atoms. The average molecular weight is 364 g/mol. The Labute approximate surface area is 153 Å². The summed E-state index contributed by atoms with van der Waals surface area (Å²) >= 11 is 1.36. The number of aryl methyl sites for hydroxylation is 2. The molecule has 0 saturated heterocycles. The van der Waals surface area contributed by atoms with Crippen LogP contribution < -0.4 is 10.1 Å². The van der Waals surface area contributed by atoms with Crippen molar-refractivity contribution in [2.75, 3.05) is 7.11 Å². The number of methoxy groups -OCH3 is 1. The van der Waals surface area contributed by atoms with Gasteiger partial charge in [0.05, 0.1) is 28.2 Å². The number of hydrogen-bond donors (Lipinski definition) is 0. The molecule has 4 rings (SSSR count). The van der Waals surface area contributed by atoms with Crippen LogP contribution in [0.15, 0.2) is 41.2 Å². The standard InChI is InChI=1S/C20H16N2O3S/c1-11-8-15-16(9-12(11)2)22-18(23)17(26-20(22)21-15)10-13-4-6-14(7-5-13)19(24)25-3/h4-10H,1-3H3/b17-10-. The molecule has 0 fully saturated rings. The van der Waals surface area contributed by atoms with Gasteiger partial charge in [0.25, 0.3) is 5.56 Å². The van der Waals surface area contributed by atoms with E-state index in [0.29, 0.717) is 15.1 Å². The van der Waals surface area contributed by atoms with E-state index in [1.807, 2.05) is 32.1 Å². The van der Waals surface area contributed by atoms with Gasteiger partial charge in [0.2, 0.25) is 0 Å². The summed E-state index contributed by atoms with van der Waals surface area (Å²) in [7, 11) is 1.35. The Morgan fingerprint density at radius 2 is 1.85 bits per heavy atom. The van der Waals surface area contributed by atoms with E-state index in [-0.39, 0.29) is 11.5 Å². The molecule has 0 aliphatic heterocycles. The number of benzene rings is 2. The topological polar surface area (TPSA) is 60.7 Å². The fraction of sp³-hybridized carbons (Fsp3) is 0.150. The molecule has 5 nitrogen and oxygen atoms in total. The first kappa shape index (κ1) is 16.5. The largest absolute Gasteiger partial charge is 0.465 e. The summed E-state index contributed by atoms with van der Waals surface area (Å²) in [6, 6.07) is 11.0. The number of thiazole rings is 1. The van der Waals surface area contributed by atoms with Crippen molar-refractivity contribution in [1.29, 1.82) is 0 Å². The van der Waals surface area contributed by atoms with E-state index in [4.69, 9.17) is 4.74 Å². The first-order valence-corrected chi connectivity index (χ1v) is 8.92. The smallest absolute Gasteiger partial charge is 0.337 e. The number of rotatable bonds is 2. The van der Waals surface area contributed by atoms with Gasteiger partial charge in [0.15, 0.2) is 4.96 Å². The van der Waals surface area contributed by atoms with E-state index in [1.165, 1.54) is 18.4 Å². The maximum Gasteiger partial charge on any atom is 0.337 e. The third-order valence-electron chi connectivity index (χ3n) is 4.48. The van der Waals surface area contributed by atoms with Crippen LogP contribution >= 0.6 is 11.3 Å². The molecule has 2 aromatic heterocycles. The molecule has 0 aliphatic carbocycles. The second kappa shape index (κ2) is 6.07. The second-order valence-corrected chi connectivity index (χ2v) is 7.19. The molecule has 130 valence electrons. The van der Waals surface area contributed by atoms with Crippen LogP contribution in [0.5, 0.6) is 0 Å². The molecular weight excluding hydrogens is 348 g/mol. The highest BCUT2D eigenvalue weighted by Gasteiger charge is 2.12. The molecule has 26 heavy (non-hydrogen) atoms. The minimum absolute atomic E-state index is 0.0761. The van der Waals surface area contributed by atoms with E-state index >= 15 is 0 Å². The van der Waals surface area contributed by atoms with Gasteiger partial charge in [-0.15, -0.1) is 0 Å². The molecule has 0 saturated carbocycles. The van der Waals surface area contributed by atoms with Crippen molar-refractivity contribution >= 4 is 39.4 Å². The summed E-state index contributed by atoms with van der Waals surface area (Å²) in [6.45, 7) is 4.07. The molecule has 0 atom stereocenters. The zero-order valence-corrected chi connectivity index (χ0v) is 15.4. The van der Waals surface area contributed by atoms with Crippen molar-refractivity contribution in [1.82, 2.24) is 9.38 Å². The Hall–Kier alpha value is -2.99. The van der Waals surface area contributed by atoms with Crippen LogP contribution in [0.1, 0.15) is 27.0 Å². The monoisotopic (exact) mass is 364 g/mol. The molecule has 2 heterocycles. The number of ether oxygens (including phenoxy) is 1. The maximum atomic E-state index is 12.9. The van der Waals surface area contributed by atoms with Crippen LogP contribution in [0.2, 0.25) is 0 Å². The molecule has 0 aliphatic rings. The highest BCUT2D eigenvalue weighted by Crippen LogP contribution is 2.20. The quantitative estimate of drug-likeness (QED) is 0.513. The van der Waals surface area contributed by atoms with Gasteiger partial charge < -0.3 is 4.74 Å². The predicted molar refractivity (Wildman–Crippen MR) is 103 cm³/mol. The lowest BCUT2D eigenvalue weighted by Crippen LogP contribution is -2.22. The number of aromatic nitrogens is 2. The molecule has 2 aromatic carbocycles. The first-order valence-electron chi connectivity index (χ1n) is 8.10. The van der Waals surface area contributed by atoms with Gasteiger partial charge in [-0.05, 0) is 60.9 Å². The fourth-order valence-corrected chi connectivity index (χ4v) is 3.89. The molecule has 0 radical (unpaired) electrons. The number of nitrogens with zero attached hydrogens (tertiary/aromatic N) is 2. The van der Waals surface area contributed by atoms with Crippen LogP contribution in [0.25, 0.3) is 22.1 Å². The van der Waals surface area contributed by atoms with E-state index in [2.05, 4.69) is 4.98 Å². The molecule has 6 heteroatoms. The number of imidazole rings is 1. The molecule has 0 unspecified atom stereocenters. The fourth-order valence-electron chi connectivity index (χ4n) is 2.90. The minimum Gasteiger partial charge on any atom is -0.465 e. The van der Waals surface area contributed by atoms with Crippen molar-refractivity contribution in [2.45, 2.75) is 13.8 Å². The van der Waals surface area contributed by atoms with Crippen molar-refractivity contribution < 1.29 is 9.53 Å². The van der Waals surface area contributed by atoms with Gasteiger partial charge in [-0.3, -0.25) is 4.79 Å². The Balaban J connectivity index is 1.86. The predicted octanol–water partition coefficient (Wildman–Crippen LogP) is 2.86. The zero-order valence-electron chi connectivity index (χ0n) is 14.6. The van der Waals surface area contributed by atoms with E-state index in [9.17, 15) is 9.59 Å². The summed E-state index contributed by atoms with van der Waals surface area (Å²) in [5, 5.41) is 0. The van der Waals surface area contributed by atoms with Gasteiger partial charge in [0, 0.05) is 0 Å². The van der Waals surface area contributed by atoms with Gasteiger partial charge in [-0.25, -0.2) is 14.2 Å². The third-order valence-corrected chi connectivity index (χ3v) is 5.45. The summed E-state index contributed by atoms with van der Waals surface area (Å²) in [4.78, 5) is 29.6. The first-order chi connectivity index (χ1) is 12.5. The number of hydrogen-bond acceptors (Lipinski definition) is 5. The summed E-state index contributed by atoms with van der Waals surface area (Å²) in [5.41, 5.74) is 5.21. The lowest BCUT2D eigenvalue weighted by Gasteiger charge is -1.99. The maximum absolute atomic E-state index is 12.9. The number of fused-ring (bicyclic) bond motifs is 3. The zero-order chi connectivity index (χ0) is 18.4. The van der Waals surface area contributed by atoms with Crippen LogP contribution in [0.3, 0.4) is 0 Å². The van der Waals surface area contributed by atoms with Gasteiger partial charge in [0.1, 0.15) is 0 Å². The highest BCUT2D eigenvalue weighted by molar-refractivity contribution is 7.15. The van der Waals surface area contributed by atoms with E-state index < -0.39 is 0 Å². The van der Waals surface area contributed by atoms with Crippen molar-refractivity contribution in [3.05, 3.63) is 73.5 Å². The summed E-state index contributed by atoms with van der Waals surface area (Å²) in [5.74, 6) is -0.382. The van der Waals surface area contributed by atoms with Crippen LogP contribution in [0.4, 0.5) is 0 Å². The molecular formula is C20H16N2O3S. The van der Waals surface area contributed by atoms with Crippen LogP contribution in [0, 0.1) is 13.8 Å². The normalized spacial score (nSPS) is 12.2. The van der Waals surface area contributed by atoms with Crippen LogP contribution in [-0.2, 0) is 4.74 Å². The number of esters is 1. The molecule has 4 aromatic rings. The second-order valence-electron chi connectivity index (χ2n) is 6.18. The van der Waals surface area contributed by atoms with Crippen molar-refractivity contribution in [3.8, 4) is 0 Å². The SMILES string of the molecule is COC(=O)c1ccc(/C=c2\sc3nc4cc(C)c(C)cc4n3c2=O)cc1. The molecule has 0 amide bonds. The van der Waals surface area contributed by atoms with Crippen LogP contribution in [-0.4, -0.2) is 22.5 Å². The van der Waals surface area contributed by atoms with Gasteiger partial charge in [-0.2, -0.15) is 0 Å². The Bertz CT molecular complexity index is 1270. The number of carbonyl (C=O) groups excluding carboxylic acids is 1. The van der Waals surface area contributed by atoms with Gasteiger partial charge in [-0.1, -0.05) is 23.5 Å². The highest BCUT2D eigenvalue weighted by atomic mass is 32.1. The Kier molecular flexibility index (Phi) is 3.85. The molecule has 0 spiro atoms. The Morgan fingerprint density at radius 3 is 2.54 bits per heavy atom. The minimum atomic E-state index is -0.382. The molecule has 0 N–H and O–H groups in total. The van der Waals surface area contributed by atoms with E-state index in [1.54, 1.807) is 28.7 Å². The lowest BCUT2D eigenvalue weighted by molar-refractivity contribution is 0.0600. The Morgan fingerprint density at radius 1 is 1.15 bits per heavy atom. The number of carbonyl (C=O) groups is 1. The van der Waals surface area contributed by atoms with Crippen molar-refractivity contribution in [2.24, 2.45) is 0 Å². The lowest BCUT2D eigenvalue weighted by atomic mass is 10.1. The van der Waals surface area contributed by atoms with Crippen molar-refractivity contribution in [3.63, 3.8) is 0 Å². The van der Waals surface area contributed by atoms with E-state index in [0.717, 1.165) is 27.7 Å². The summed E-state index contributed by atoms with van der Waals surface area (Å²) in [6.07, 6.45) is 1.82. The van der Waals surface area contributed by atoms with Gasteiger partial charge >= 0.3 is 5.97 Å².